The van der Waals surface area contributed by atoms with Gasteiger partial charge in [-0.1, -0.05) is 68.4 Å². The monoisotopic (exact) mass is 409 g/mol. The van der Waals surface area contributed by atoms with Gasteiger partial charge in [0.05, 0.1) is 11.0 Å². The summed E-state index contributed by atoms with van der Waals surface area (Å²) in [6.07, 6.45) is 2.36. The Balaban J connectivity index is 1.46. The number of rotatable bonds is 5. The van der Waals surface area contributed by atoms with Gasteiger partial charge in [-0.3, -0.25) is 0 Å². The summed E-state index contributed by atoms with van der Waals surface area (Å²) in [7, 11) is 0. The number of hydrogen-bond acceptors (Lipinski definition) is 4. The van der Waals surface area contributed by atoms with E-state index in [9.17, 15) is 0 Å². The van der Waals surface area contributed by atoms with Crippen molar-refractivity contribution in [2.75, 3.05) is 18.0 Å². The summed E-state index contributed by atoms with van der Waals surface area (Å²) in [5.41, 5.74) is 4.21. The van der Waals surface area contributed by atoms with Crippen LogP contribution in [-0.4, -0.2) is 23.1 Å². The van der Waals surface area contributed by atoms with Crippen molar-refractivity contribution < 1.29 is 4.74 Å². The van der Waals surface area contributed by atoms with Crippen LogP contribution in [0.3, 0.4) is 0 Å². The first-order valence-electron chi connectivity index (χ1n) is 11.0. The number of aromatic nitrogens is 2. The average molecular weight is 410 g/mol. The highest BCUT2D eigenvalue weighted by Gasteiger charge is 2.24. The van der Waals surface area contributed by atoms with Crippen LogP contribution in [0.1, 0.15) is 37.8 Å². The van der Waals surface area contributed by atoms with Crippen molar-refractivity contribution in [3.63, 3.8) is 0 Å². The third-order valence-corrected chi connectivity index (χ3v) is 6.21. The Bertz CT molecular complexity index is 1180. The molecule has 4 nitrogen and oxygen atoms in total. The second kappa shape index (κ2) is 8.03. The first kappa shape index (κ1) is 19.6. The zero-order valence-corrected chi connectivity index (χ0v) is 18.1. The van der Waals surface area contributed by atoms with Crippen LogP contribution in [0.5, 0.6) is 11.6 Å². The molecule has 0 atom stereocenters. The maximum atomic E-state index is 6.29. The Morgan fingerprint density at radius 3 is 1.97 bits per heavy atom. The third-order valence-electron chi connectivity index (χ3n) is 6.21. The van der Waals surface area contributed by atoms with Crippen molar-refractivity contribution in [3.8, 4) is 11.6 Å². The largest absolute Gasteiger partial charge is 0.436 e. The third kappa shape index (κ3) is 3.86. The molecule has 1 aliphatic heterocycles. The molecule has 0 bridgehead atoms. The van der Waals surface area contributed by atoms with E-state index in [1.807, 2.05) is 36.4 Å². The van der Waals surface area contributed by atoms with Crippen molar-refractivity contribution in [2.24, 2.45) is 0 Å². The van der Waals surface area contributed by atoms with E-state index < -0.39 is 0 Å². The molecule has 1 aromatic heterocycles. The molecule has 4 aromatic rings. The van der Waals surface area contributed by atoms with Crippen LogP contribution < -0.4 is 9.64 Å². The smallest absolute Gasteiger partial charge is 0.263 e. The van der Waals surface area contributed by atoms with Gasteiger partial charge in [-0.05, 0) is 48.2 Å². The van der Waals surface area contributed by atoms with Gasteiger partial charge in [0.2, 0.25) is 0 Å². The minimum atomic E-state index is -0.0801. The van der Waals surface area contributed by atoms with Crippen LogP contribution in [0.15, 0.2) is 78.9 Å². The average Bonchev–Trinajstić information content (AvgIpc) is 3.34. The lowest BCUT2D eigenvalue weighted by Gasteiger charge is -2.26. The predicted molar refractivity (Wildman–Crippen MR) is 126 cm³/mol. The summed E-state index contributed by atoms with van der Waals surface area (Å²) >= 11 is 0. The maximum Gasteiger partial charge on any atom is 0.263 e. The number of benzene rings is 3. The first-order valence-corrected chi connectivity index (χ1v) is 11.0. The lowest BCUT2D eigenvalue weighted by molar-refractivity contribution is 0.461. The summed E-state index contributed by atoms with van der Waals surface area (Å²) in [4.78, 5) is 12.0. The number of ether oxygens (including phenoxy) is 1. The zero-order valence-electron chi connectivity index (χ0n) is 18.1. The molecule has 0 unspecified atom stereocenters. The topological polar surface area (TPSA) is 38.3 Å². The molecule has 0 N–H and O–H groups in total. The molecule has 0 saturated carbocycles. The van der Waals surface area contributed by atoms with E-state index in [1.54, 1.807) is 0 Å². The lowest BCUT2D eigenvalue weighted by atomic mass is 9.78. The highest BCUT2D eigenvalue weighted by atomic mass is 16.5. The van der Waals surface area contributed by atoms with Crippen LogP contribution in [0.2, 0.25) is 0 Å². The summed E-state index contributed by atoms with van der Waals surface area (Å²) in [5, 5.41) is 0. The lowest BCUT2D eigenvalue weighted by Crippen LogP contribution is -2.20. The molecule has 5 rings (SSSR count). The predicted octanol–water partition coefficient (Wildman–Crippen LogP) is 6.35. The molecular weight excluding hydrogens is 382 g/mol. The second-order valence-electron chi connectivity index (χ2n) is 8.65. The molecule has 2 heterocycles. The Labute approximate surface area is 183 Å². The summed E-state index contributed by atoms with van der Waals surface area (Å²) in [6, 6.07) is 26.9. The molecule has 1 aliphatic rings. The molecule has 0 aliphatic carbocycles. The Kier molecular flexibility index (Phi) is 5.06. The van der Waals surface area contributed by atoms with Gasteiger partial charge in [0, 0.05) is 18.5 Å². The Hall–Kier alpha value is -3.40. The first-order chi connectivity index (χ1) is 15.1. The normalized spacial score (nSPS) is 14.2. The maximum absolute atomic E-state index is 6.29. The van der Waals surface area contributed by atoms with Gasteiger partial charge >= 0.3 is 0 Å². The molecule has 0 radical (unpaired) electrons. The Morgan fingerprint density at radius 1 is 0.710 bits per heavy atom. The van der Waals surface area contributed by atoms with Gasteiger partial charge < -0.3 is 9.64 Å². The Morgan fingerprint density at radius 2 is 1.29 bits per heavy atom. The molecule has 1 fully saturated rings. The van der Waals surface area contributed by atoms with Gasteiger partial charge in [0.15, 0.2) is 5.82 Å². The number of nitrogens with zero attached hydrogens (tertiary/aromatic N) is 3. The molecule has 4 heteroatoms. The SMILES string of the molecule is CC(C)(c1ccccc1)c1ccc(Oc2nc3ccccc3nc2N2CCCC2)cc1. The summed E-state index contributed by atoms with van der Waals surface area (Å²) in [5.74, 6) is 2.19. The molecule has 0 amide bonds. The van der Waals surface area contributed by atoms with E-state index in [4.69, 9.17) is 14.7 Å². The van der Waals surface area contributed by atoms with Gasteiger partial charge in [0.25, 0.3) is 5.88 Å². The van der Waals surface area contributed by atoms with E-state index in [0.29, 0.717) is 5.88 Å². The highest BCUT2D eigenvalue weighted by molar-refractivity contribution is 5.77. The van der Waals surface area contributed by atoms with E-state index in [2.05, 4.69) is 61.2 Å². The van der Waals surface area contributed by atoms with Crippen molar-refractivity contribution in [2.45, 2.75) is 32.1 Å². The van der Waals surface area contributed by atoms with E-state index in [1.165, 1.54) is 24.0 Å². The van der Waals surface area contributed by atoms with Gasteiger partial charge in [-0.25, -0.2) is 9.97 Å². The van der Waals surface area contributed by atoms with Crippen molar-refractivity contribution in [3.05, 3.63) is 90.0 Å². The number of hydrogen-bond donors (Lipinski definition) is 0. The van der Waals surface area contributed by atoms with Gasteiger partial charge in [-0.15, -0.1) is 0 Å². The second-order valence-corrected chi connectivity index (χ2v) is 8.65. The molecule has 1 saturated heterocycles. The molecular formula is C27H27N3O. The van der Waals surface area contributed by atoms with E-state index >= 15 is 0 Å². The molecule has 31 heavy (non-hydrogen) atoms. The van der Waals surface area contributed by atoms with Crippen LogP contribution in [0, 0.1) is 0 Å². The molecule has 3 aromatic carbocycles. The molecule has 0 spiro atoms. The summed E-state index contributed by atoms with van der Waals surface area (Å²) < 4.78 is 6.29. The minimum Gasteiger partial charge on any atom is -0.436 e. The van der Waals surface area contributed by atoms with Crippen molar-refractivity contribution >= 4 is 16.9 Å². The number of fused-ring (bicyclic) bond motifs is 1. The summed E-state index contributed by atoms with van der Waals surface area (Å²) in [6.45, 7) is 6.48. The number of para-hydroxylation sites is 2. The van der Waals surface area contributed by atoms with Crippen LogP contribution in [-0.2, 0) is 5.41 Å². The van der Waals surface area contributed by atoms with E-state index in [0.717, 1.165) is 35.7 Å². The molecule has 156 valence electrons. The standard InChI is InChI=1S/C27H27N3O/c1-27(2,20-10-4-3-5-11-20)21-14-16-22(17-15-21)31-26-25(30-18-8-9-19-30)28-23-12-6-7-13-24(23)29-26/h3-7,10-17H,8-9,18-19H2,1-2H3. The fourth-order valence-corrected chi connectivity index (χ4v) is 4.25. The van der Waals surface area contributed by atoms with Gasteiger partial charge in [0.1, 0.15) is 5.75 Å². The fourth-order valence-electron chi connectivity index (χ4n) is 4.25. The van der Waals surface area contributed by atoms with Gasteiger partial charge in [-0.2, -0.15) is 0 Å². The van der Waals surface area contributed by atoms with Crippen LogP contribution >= 0.6 is 0 Å². The highest BCUT2D eigenvalue weighted by Crippen LogP contribution is 2.35. The van der Waals surface area contributed by atoms with Crippen LogP contribution in [0.25, 0.3) is 11.0 Å². The van der Waals surface area contributed by atoms with E-state index in [-0.39, 0.29) is 5.41 Å². The zero-order chi connectivity index (χ0) is 21.3. The van der Waals surface area contributed by atoms with Crippen molar-refractivity contribution in [1.29, 1.82) is 0 Å². The quantitative estimate of drug-likeness (QED) is 0.385. The fraction of sp³-hybridized carbons (Fsp3) is 0.259. The number of anilines is 1. The van der Waals surface area contributed by atoms with Crippen LogP contribution in [0.4, 0.5) is 5.82 Å². The van der Waals surface area contributed by atoms with Crippen molar-refractivity contribution in [1.82, 2.24) is 9.97 Å². The minimum absolute atomic E-state index is 0.0801.